The van der Waals surface area contributed by atoms with Crippen LogP contribution < -0.4 is 5.32 Å². The highest BCUT2D eigenvalue weighted by Gasteiger charge is 2.27. The van der Waals surface area contributed by atoms with E-state index in [9.17, 15) is 0 Å². The fourth-order valence-electron chi connectivity index (χ4n) is 2.75. The number of halogens is 1. The lowest BCUT2D eigenvalue weighted by molar-refractivity contribution is 0.208. The summed E-state index contributed by atoms with van der Waals surface area (Å²) in [7, 11) is 0. The van der Waals surface area contributed by atoms with Crippen molar-refractivity contribution in [1.82, 2.24) is 15.1 Å². The van der Waals surface area contributed by atoms with Gasteiger partial charge in [0, 0.05) is 19.1 Å². The van der Waals surface area contributed by atoms with Gasteiger partial charge in [-0.1, -0.05) is 11.6 Å². The van der Waals surface area contributed by atoms with Crippen molar-refractivity contribution in [2.24, 2.45) is 5.92 Å². The number of nitrogens with zero attached hydrogens (tertiary/aromatic N) is 3. The standard InChI is InChI=1S/C14H21ClN4/c1-10-7-13(17-18-14(10)15)16-12-3-2-6-19(9-12)8-11-4-5-11/h7,11-12H,2-6,8-9H2,1H3,(H,16,17)/t12-/m1/s1. The second-order valence-corrected chi connectivity index (χ2v) is 6.25. The molecule has 1 saturated heterocycles. The van der Waals surface area contributed by atoms with E-state index in [-0.39, 0.29) is 0 Å². The minimum Gasteiger partial charge on any atom is -0.365 e. The summed E-state index contributed by atoms with van der Waals surface area (Å²) >= 11 is 5.90. The van der Waals surface area contributed by atoms with Crippen LogP contribution in [0.2, 0.25) is 5.15 Å². The quantitative estimate of drug-likeness (QED) is 0.921. The van der Waals surface area contributed by atoms with Gasteiger partial charge in [-0.2, -0.15) is 0 Å². The zero-order chi connectivity index (χ0) is 13.2. The van der Waals surface area contributed by atoms with Crippen LogP contribution in [-0.2, 0) is 0 Å². The van der Waals surface area contributed by atoms with Gasteiger partial charge < -0.3 is 10.2 Å². The van der Waals surface area contributed by atoms with Crippen LogP contribution in [0.3, 0.4) is 0 Å². The number of rotatable bonds is 4. The van der Waals surface area contributed by atoms with Crippen molar-refractivity contribution < 1.29 is 0 Å². The van der Waals surface area contributed by atoms with Crippen molar-refractivity contribution in [1.29, 1.82) is 0 Å². The van der Waals surface area contributed by atoms with Gasteiger partial charge in [-0.15, -0.1) is 10.2 Å². The Morgan fingerprint density at radius 1 is 1.37 bits per heavy atom. The summed E-state index contributed by atoms with van der Waals surface area (Å²) in [4.78, 5) is 2.59. The molecule has 1 N–H and O–H groups in total. The largest absolute Gasteiger partial charge is 0.365 e. The smallest absolute Gasteiger partial charge is 0.154 e. The minimum atomic E-state index is 0.488. The molecule has 19 heavy (non-hydrogen) atoms. The summed E-state index contributed by atoms with van der Waals surface area (Å²) < 4.78 is 0. The first kappa shape index (κ1) is 13.1. The molecule has 2 fully saturated rings. The molecule has 2 aliphatic rings. The van der Waals surface area contributed by atoms with Gasteiger partial charge in [0.25, 0.3) is 0 Å². The molecular weight excluding hydrogens is 260 g/mol. The zero-order valence-electron chi connectivity index (χ0n) is 11.4. The molecule has 4 nitrogen and oxygen atoms in total. The van der Waals surface area contributed by atoms with Crippen molar-refractivity contribution in [2.45, 2.75) is 38.6 Å². The summed E-state index contributed by atoms with van der Waals surface area (Å²) in [5.41, 5.74) is 0.977. The first-order valence-corrected chi connectivity index (χ1v) is 7.57. The fraction of sp³-hybridized carbons (Fsp3) is 0.714. The molecule has 0 spiro atoms. The van der Waals surface area contributed by atoms with E-state index in [0.29, 0.717) is 11.2 Å². The number of hydrogen-bond donors (Lipinski definition) is 1. The number of piperidine rings is 1. The van der Waals surface area contributed by atoms with E-state index in [0.717, 1.165) is 23.8 Å². The van der Waals surface area contributed by atoms with Gasteiger partial charge in [0.15, 0.2) is 5.15 Å². The van der Waals surface area contributed by atoms with Gasteiger partial charge in [0.05, 0.1) is 0 Å². The van der Waals surface area contributed by atoms with Gasteiger partial charge in [-0.25, -0.2) is 0 Å². The van der Waals surface area contributed by atoms with Crippen LogP contribution in [0.5, 0.6) is 0 Å². The molecule has 1 aliphatic heterocycles. The monoisotopic (exact) mass is 280 g/mol. The molecule has 0 amide bonds. The summed E-state index contributed by atoms with van der Waals surface area (Å²) in [6, 6.07) is 2.47. The molecule has 1 aromatic rings. The zero-order valence-corrected chi connectivity index (χ0v) is 12.2. The number of nitrogens with one attached hydrogen (secondary N) is 1. The molecule has 3 rings (SSSR count). The predicted octanol–water partition coefficient (Wildman–Crippen LogP) is 2.72. The van der Waals surface area contributed by atoms with E-state index in [1.54, 1.807) is 0 Å². The highest BCUT2D eigenvalue weighted by Crippen LogP contribution is 2.30. The fourth-order valence-corrected chi connectivity index (χ4v) is 2.85. The third-order valence-corrected chi connectivity index (χ3v) is 4.37. The molecular formula is C14H21ClN4. The molecule has 1 saturated carbocycles. The summed E-state index contributed by atoms with van der Waals surface area (Å²) in [6.45, 7) is 5.62. The lowest BCUT2D eigenvalue weighted by Crippen LogP contribution is -2.43. The number of hydrogen-bond acceptors (Lipinski definition) is 4. The normalized spacial score (nSPS) is 24.4. The van der Waals surface area contributed by atoms with Crippen molar-refractivity contribution in [2.75, 3.05) is 25.0 Å². The first-order chi connectivity index (χ1) is 9.20. The maximum atomic E-state index is 5.90. The van der Waals surface area contributed by atoms with Gasteiger partial charge >= 0.3 is 0 Å². The maximum absolute atomic E-state index is 5.90. The average Bonchev–Trinajstić information content (AvgIpc) is 3.18. The lowest BCUT2D eigenvalue weighted by atomic mass is 10.1. The Bertz CT molecular complexity index is 447. The SMILES string of the molecule is Cc1cc(N[C@@H]2CCCN(CC3CC3)C2)nnc1Cl. The second kappa shape index (κ2) is 5.63. The van der Waals surface area contributed by atoms with Crippen molar-refractivity contribution in [3.8, 4) is 0 Å². The van der Waals surface area contributed by atoms with E-state index < -0.39 is 0 Å². The summed E-state index contributed by atoms with van der Waals surface area (Å²) in [5, 5.41) is 12.1. The summed E-state index contributed by atoms with van der Waals surface area (Å²) in [5.74, 6) is 1.82. The topological polar surface area (TPSA) is 41.0 Å². The average molecular weight is 281 g/mol. The van der Waals surface area contributed by atoms with Gasteiger partial charge in [-0.05, 0) is 56.7 Å². The van der Waals surface area contributed by atoms with Crippen molar-refractivity contribution in [3.05, 3.63) is 16.8 Å². The number of aromatic nitrogens is 2. The number of likely N-dealkylation sites (tertiary alicyclic amines) is 1. The third kappa shape index (κ3) is 3.57. The molecule has 0 aromatic carbocycles. The van der Waals surface area contributed by atoms with Crippen LogP contribution in [-0.4, -0.2) is 40.8 Å². The predicted molar refractivity (Wildman–Crippen MR) is 77.6 cm³/mol. The Labute approximate surface area is 119 Å². The second-order valence-electron chi connectivity index (χ2n) is 5.89. The van der Waals surface area contributed by atoms with Gasteiger partial charge in [-0.3, -0.25) is 0 Å². The van der Waals surface area contributed by atoms with E-state index in [1.807, 2.05) is 13.0 Å². The Hall–Kier alpha value is -0.870. The Morgan fingerprint density at radius 3 is 2.95 bits per heavy atom. The number of aryl methyl sites for hydroxylation is 1. The Morgan fingerprint density at radius 2 is 2.21 bits per heavy atom. The molecule has 0 bridgehead atoms. The van der Waals surface area contributed by atoms with Crippen LogP contribution in [0, 0.1) is 12.8 Å². The van der Waals surface area contributed by atoms with E-state index in [1.165, 1.54) is 38.8 Å². The van der Waals surface area contributed by atoms with E-state index >= 15 is 0 Å². The van der Waals surface area contributed by atoms with Crippen molar-refractivity contribution in [3.63, 3.8) is 0 Å². The highest BCUT2D eigenvalue weighted by molar-refractivity contribution is 6.30. The lowest BCUT2D eigenvalue weighted by Gasteiger charge is -2.33. The maximum Gasteiger partial charge on any atom is 0.154 e. The van der Waals surface area contributed by atoms with E-state index in [4.69, 9.17) is 11.6 Å². The Balaban J connectivity index is 1.57. The van der Waals surface area contributed by atoms with Crippen LogP contribution in [0.25, 0.3) is 0 Å². The van der Waals surface area contributed by atoms with E-state index in [2.05, 4.69) is 20.4 Å². The minimum absolute atomic E-state index is 0.488. The first-order valence-electron chi connectivity index (χ1n) is 7.19. The molecule has 5 heteroatoms. The van der Waals surface area contributed by atoms with Crippen LogP contribution in [0.1, 0.15) is 31.2 Å². The van der Waals surface area contributed by atoms with Crippen LogP contribution >= 0.6 is 11.6 Å². The van der Waals surface area contributed by atoms with Gasteiger partial charge in [0.1, 0.15) is 5.82 Å². The van der Waals surface area contributed by atoms with Crippen LogP contribution in [0.15, 0.2) is 6.07 Å². The van der Waals surface area contributed by atoms with Crippen molar-refractivity contribution >= 4 is 17.4 Å². The number of anilines is 1. The van der Waals surface area contributed by atoms with Crippen LogP contribution in [0.4, 0.5) is 5.82 Å². The molecule has 0 radical (unpaired) electrons. The molecule has 0 unspecified atom stereocenters. The molecule has 2 heterocycles. The summed E-state index contributed by atoms with van der Waals surface area (Å²) in [6.07, 6.45) is 5.34. The molecule has 1 atom stereocenters. The Kier molecular flexibility index (Phi) is 3.89. The molecule has 104 valence electrons. The van der Waals surface area contributed by atoms with Gasteiger partial charge in [0.2, 0.25) is 0 Å². The molecule has 1 aromatic heterocycles. The highest BCUT2D eigenvalue weighted by atomic mass is 35.5. The third-order valence-electron chi connectivity index (χ3n) is 3.99. The molecule has 1 aliphatic carbocycles.